The fourth-order valence-electron chi connectivity index (χ4n) is 0.165. The highest BCUT2D eigenvalue weighted by molar-refractivity contribution is 5.75. The highest BCUT2D eigenvalue weighted by atomic mass is 16.1. The summed E-state index contributed by atoms with van der Waals surface area (Å²) in [7, 11) is 0. The van der Waals surface area contributed by atoms with Crippen molar-refractivity contribution in [2.24, 2.45) is 0 Å². The van der Waals surface area contributed by atoms with Gasteiger partial charge in [0.05, 0.1) is 0 Å². The highest BCUT2D eigenvalue weighted by Crippen LogP contribution is 1.79. The van der Waals surface area contributed by atoms with Gasteiger partial charge in [0.2, 0.25) is 5.91 Å². The van der Waals surface area contributed by atoms with Crippen molar-refractivity contribution in [2.75, 3.05) is 0 Å². The molecule has 0 saturated heterocycles. The molecule has 0 bridgehead atoms. The number of hydrogen-bond acceptors (Lipinski definition) is 2. The lowest BCUT2D eigenvalue weighted by Gasteiger charge is -1.78. The molecule has 0 saturated carbocycles. The van der Waals surface area contributed by atoms with Gasteiger partial charge in [-0.15, -0.1) is 0 Å². The summed E-state index contributed by atoms with van der Waals surface area (Å²) < 4.78 is 0. The summed E-state index contributed by atoms with van der Waals surface area (Å²) in [6.07, 6.45) is 1.57. The predicted octanol–water partition coefficient (Wildman–Crippen LogP) is -0.314. The Hall–Kier alpha value is -0.860. The van der Waals surface area contributed by atoms with E-state index >= 15 is 0 Å². The summed E-state index contributed by atoms with van der Waals surface area (Å²) in [5.74, 6) is -0.705. The first-order valence-electron chi connectivity index (χ1n) is 1.87. The van der Waals surface area contributed by atoms with Crippen LogP contribution in [0.15, 0.2) is 0 Å². The molecule has 0 aliphatic rings. The Morgan fingerprint density at radius 2 is 2.29 bits per heavy atom. The molecule has 0 aliphatic heterocycles. The van der Waals surface area contributed by atoms with Crippen LogP contribution in [0.1, 0.15) is 12.8 Å². The quantitative estimate of drug-likeness (QED) is 0.487. The number of hydrogen-bond donors (Lipinski definition) is 0. The lowest BCUT2D eigenvalue weighted by atomic mass is 10.3. The fourth-order valence-corrected chi connectivity index (χ4v) is 0.165. The monoisotopic (exact) mass is 99.0 g/mol. The molecule has 0 aromatic heterocycles. The molecule has 0 unspecified atom stereocenters. The van der Waals surface area contributed by atoms with E-state index in [-0.39, 0.29) is 12.8 Å². The zero-order chi connectivity index (χ0) is 5.70. The molecule has 7 heavy (non-hydrogen) atoms. The Balaban J connectivity index is 2.97. The molecule has 0 atom stereocenters. The van der Waals surface area contributed by atoms with Crippen molar-refractivity contribution in [2.45, 2.75) is 12.8 Å². The second-order valence-electron chi connectivity index (χ2n) is 1.07. The van der Waals surface area contributed by atoms with E-state index in [2.05, 4.69) is 0 Å². The zero-order valence-electron chi connectivity index (χ0n) is 3.73. The topological polar surface area (TPSA) is 57.9 Å². The molecule has 0 aromatic rings. The first kappa shape index (κ1) is 6.14. The van der Waals surface area contributed by atoms with Crippen LogP contribution in [-0.2, 0) is 9.59 Å². The molecule has 0 rings (SSSR count). The molecule has 0 aliphatic carbocycles. The minimum atomic E-state index is -0.705. The third kappa shape index (κ3) is 5.14. The summed E-state index contributed by atoms with van der Waals surface area (Å²) >= 11 is 0. The molecule has 3 nitrogen and oxygen atoms in total. The van der Waals surface area contributed by atoms with Crippen LogP contribution >= 0.6 is 0 Å². The molecule has 38 valence electrons. The molecule has 0 fully saturated rings. The first-order chi connectivity index (χ1) is 3.27. The van der Waals surface area contributed by atoms with Crippen molar-refractivity contribution in [1.29, 1.82) is 0 Å². The van der Waals surface area contributed by atoms with E-state index in [0.717, 1.165) is 0 Å². The Bertz CT molecular complexity index is 79.8. The van der Waals surface area contributed by atoms with E-state index in [4.69, 9.17) is 5.73 Å². The Morgan fingerprint density at radius 1 is 1.71 bits per heavy atom. The van der Waals surface area contributed by atoms with Crippen LogP contribution in [-0.4, -0.2) is 12.2 Å². The minimum Gasteiger partial charge on any atom is -0.291 e. The molecule has 1 N–H and O–H groups in total. The van der Waals surface area contributed by atoms with Crippen molar-refractivity contribution in [3.05, 3.63) is 0 Å². The lowest BCUT2D eigenvalue weighted by Crippen LogP contribution is -1.96. The third-order valence-corrected chi connectivity index (χ3v) is 0.454. The van der Waals surface area contributed by atoms with Crippen LogP contribution in [0.5, 0.6) is 0 Å². The number of rotatable bonds is 3. The number of amides is 1. The van der Waals surface area contributed by atoms with Gasteiger partial charge >= 0.3 is 0 Å². The smallest absolute Gasteiger partial charge is 0.238 e. The van der Waals surface area contributed by atoms with Crippen LogP contribution in [0.4, 0.5) is 0 Å². The molecule has 1 amide bonds. The van der Waals surface area contributed by atoms with Gasteiger partial charge in [0, 0.05) is 12.8 Å². The highest BCUT2D eigenvalue weighted by Gasteiger charge is 1.90. The minimum absolute atomic E-state index is 0.00347. The molecule has 2 radical (unpaired) electrons. The van der Waals surface area contributed by atoms with Crippen molar-refractivity contribution in [1.82, 2.24) is 5.73 Å². The normalized spacial score (nSPS) is 8.00. The molecule has 0 spiro atoms. The Morgan fingerprint density at radius 3 is 2.43 bits per heavy atom. The van der Waals surface area contributed by atoms with Crippen molar-refractivity contribution in [3.8, 4) is 0 Å². The van der Waals surface area contributed by atoms with Gasteiger partial charge in [0.15, 0.2) is 6.29 Å². The van der Waals surface area contributed by atoms with E-state index in [9.17, 15) is 9.59 Å². The molecule has 0 heterocycles. The largest absolute Gasteiger partial charge is 0.291 e. The van der Waals surface area contributed by atoms with Crippen LogP contribution < -0.4 is 5.73 Å². The van der Waals surface area contributed by atoms with Gasteiger partial charge in [-0.3, -0.25) is 15.3 Å². The summed E-state index contributed by atoms with van der Waals surface area (Å²) in [4.78, 5) is 19.0. The van der Waals surface area contributed by atoms with Gasteiger partial charge in [-0.2, -0.15) is 0 Å². The van der Waals surface area contributed by atoms with Gasteiger partial charge in [0.1, 0.15) is 0 Å². The van der Waals surface area contributed by atoms with E-state index < -0.39 is 5.91 Å². The van der Waals surface area contributed by atoms with Crippen molar-refractivity contribution in [3.63, 3.8) is 0 Å². The van der Waals surface area contributed by atoms with Crippen molar-refractivity contribution < 1.29 is 9.59 Å². The maximum atomic E-state index is 9.69. The second kappa shape index (κ2) is 3.33. The van der Waals surface area contributed by atoms with Crippen molar-refractivity contribution >= 4 is 12.2 Å². The van der Waals surface area contributed by atoms with E-state index in [1.807, 2.05) is 0 Å². The van der Waals surface area contributed by atoms with Crippen LogP contribution in [0.2, 0.25) is 0 Å². The first-order valence-corrected chi connectivity index (χ1v) is 1.87. The van der Waals surface area contributed by atoms with E-state index in [1.54, 1.807) is 0 Å². The number of carbonyl (C=O) groups excluding carboxylic acids is 2. The van der Waals surface area contributed by atoms with Gasteiger partial charge in [0.25, 0.3) is 0 Å². The van der Waals surface area contributed by atoms with Gasteiger partial charge in [-0.1, -0.05) is 0 Å². The maximum Gasteiger partial charge on any atom is 0.238 e. The average molecular weight is 99.1 g/mol. The fraction of sp³-hybridized carbons (Fsp3) is 0.500. The summed E-state index contributed by atoms with van der Waals surface area (Å²) in [5.41, 5.74) is 6.26. The van der Waals surface area contributed by atoms with Crippen LogP contribution in [0, 0.1) is 0 Å². The Labute approximate surface area is 41.5 Å². The van der Waals surface area contributed by atoms with Gasteiger partial charge in [-0.05, 0) is 0 Å². The summed E-state index contributed by atoms with van der Waals surface area (Å²) in [5, 5.41) is 0. The SMILES string of the molecule is [NH]C(=O)CC[C]=O. The third-order valence-electron chi connectivity index (χ3n) is 0.454. The van der Waals surface area contributed by atoms with Gasteiger partial charge in [-0.25, -0.2) is 0 Å². The lowest BCUT2D eigenvalue weighted by molar-refractivity contribution is -0.118. The standard InChI is InChI=1S/C4H5NO2/c5-4(7)2-1-3-6/h5H,1-2H2. The van der Waals surface area contributed by atoms with Crippen LogP contribution in [0.25, 0.3) is 0 Å². The molecular weight excluding hydrogens is 94.0 g/mol. The summed E-state index contributed by atoms with van der Waals surface area (Å²) in [6, 6.07) is 0. The molecular formula is C4H5NO2. The number of carbonyl (C=O) groups is 1. The number of nitrogens with one attached hydrogen (secondary N) is 1. The second-order valence-corrected chi connectivity index (χ2v) is 1.07. The predicted molar refractivity (Wildman–Crippen MR) is 23.0 cm³/mol. The average Bonchev–Trinajstić information content (AvgIpc) is 1.61. The molecule has 0 aromatic carbocycles. The molecule has 3 heteroatoms. The summed E-state index contributed by atoms with van der Waals surface area (Å²) in [6.45, 7) is 0. The zero-order valence-corrected chi connectivity index (χ0v) is 3.73. The van der Waals surface area contributed by atoms with Crippen LogP contribution in [0.3, 0.4) is 0 Å². The van der Waals surface area contributed by atoms with Gasteiger partial charge < -0.3 is 0 Å². The van der Waals surface area contributed by atoms with E-state index in [1.165, 1.54) is 6.29 Å². The van der Waals surface area contributed by atoms with E-state index in [0.29, 0.717) is 0 Å². The maximum absolute atomic E-state index is 9.69. The Kier molecular flexibility index (Phi) is 2.92.